The Balaban J connectivity index is 1.63. The minimum absolute atomic E-state index is 0.0240. The molecule has 0 bridgehead atoms. The van der Waals surface area contributed by atoms with E-state index in [1.54, 1.807) is 16.0 Å². The number of nitrogens with zero attached hydrogens (tertiary/aromatic N) is 5. The van der Waals surface area contributed by atoms with Gasteiger partial charge in [-0.15, -0.1) is 16.4 Å². The highest BCUT2D eigenvalue weighted by Gasteiger charge is 2.04. The number of aromatic nitrogens is 5. The lowest BCUT2D eigenvalue weighted by atomic mass is 10.3. The van der Waals surface area contributed by atoms with Gasteiger partial charge in [0.05, 0.1) is 6.54 Å². The smallest absolute Gasteiger partial charge is 0.220 e. The van der Waals surface area contributed by atoms with Crippen LogP contribution < -0.4 is 5.32 Å². The zero-order valence-electron chi connectivity index (χ0n) is 10.0. The van der Waals surface area contributed by atoms with Gasteiger partial charge in [-0.25, -0.2) is 9.67 Å². The quantitative estimate of drug-likeness (QED) is 0.824. The summed E-state index contributed by atoms with van der Waals surface area (Å²) in [7, 11) is 0. The third-order valence-corrected chi connectivity index (χ3v) is 3.25. The lowest BCUT2D eigenvalue weighted by Crippen LogP contribution is -2.22. The largest absolute Gasteiger partial charge is 0.350 e. The predicted octanol–water partition coefficient (Wildman–Crippen LogP) is 0.535. The molecule has 18 heavy (non-hydrogen) atoms. The van der Waals surface area contributed by atoms with Crippen LogP contribution in [0.2, 0.25) is 0 Å². The van der Waals surface area contributed by atoms with Crippen molar-refractivity contribution in [1.82, 2.24) is 30.5 Å². The van der Waals surface area contributed by atoms with E-state index in [4.69, 9.17) is 0 Å². The van der Waals surface area contributed by atoms with Crippen LogP contribution in [0.5, 0.6) is 0 Å². The average molecular weight is 266 g/mol. The first kappa shape index (κ1) is 12.6. The van der Waals surface area contributed by atoms with E-state index in [2.05, 4.69) is 25.8 Å². The molecular formula is C10H14N6OS. The van der Waals surface area contributed by atoms with Gasteiger partial charge < -0.3 is 5.32 Å². The number of rotatable bonds is 6. The number of aryl methyl sites for hydroxylation is 2. The van der Waals surface area contributed by atoms with Gasteiger partial charge in [0.1, 0.15) is 11.3 Å². The molecule has 0 aliphatic rings. The predicted molar refractivity (Wildman–Crippen MR) is 65.7 cm³/mol. The SMILES string of the molecule is Cc1csc(CNC(=O)CCCn2cnnn2)n1. The highest BCUT2D eigenvalue weighted by atomic mass is 32.1. The molecule has 1 N–H and O–H groups in total. The second-order valence-electron chi connectivity index (χ2n) is 3.84. The van der Waals surface area contributed by atoms with Gasteiger partial charge in [-0.1, -0.05) is 0 Å². The fourth-order valence-electron chi connectivity index (χ4n) is 1.43. The molecule has 0 aliphatic heterocycles. The van der Waals surface area contributed by atoms with Gasteiger partial charge in [-0.05, 0) is 23.8 Å². The maximum Gasteiger partial charge on any atom is 0.220 e. The Morgan fingerprint density at radius 1 is 1.56 bits per heavy atom. The van der Waals surface area contributed by atoms with Crippen molar-refractivity contribution in [3.05, 3.63) is 22.4 Å². The molecule has 8 heteroatoms. The fourth-order valence-corrected chi connectivity index (χ4v) is 2.14. The number of carbonyl (C=O) groups excluding carboxylic acids is 1. The van der Waals surface area contributed by atoms with Crippen LogP contribution in [0, 0.1) is 6.92 Å². The summed E-state index contributed by atoms with van der Waals surface area (Å²) in [6, 6.07) is 0. The minimum atomic E-state index is 0.0240. The molecule has 0 unspecified atom stereocenters. The van der Waals surface area contributed by atoms with Crippen LogP contribution in [0.3, 0.4) is 0 Å². The van der Waals surface area contributed by atoms with E-state index in [1.165, 1.54) is 6.33 Å². The van der Waals surface area contributed by atoms with Crippen LogP contribution in [0.4, 0.5) is 0 Å². The van der Waals surface area contributed by atoms with Crippen molar-refractivity contribution in [2.75, 3.05) is 0 Å². The summed E-state index contributed by atoms with van der Waals surface area (Å²) in [5.41, 5.74) is 0.989. The molecule has 0 aliphatic carbocycles. The number of thiazole rings is 1. The highest BCUT2D eigenvalue weighted by Crippen LogP contribution is 2.07. The van der Waals surface area contributed by atoms with Gasteiger partial charge in [-0.2, -0.15) is 0 Å². The Kier molecular flexibility index (Phi) is 4.35. The molecular weight excluding hydrogens is 252 g/mol. The topological polar surface area (TPSA) is 85.6 Å². The Hall–Kier alpha value is -1.83. The van der Waals surface area contributed by atoms with Crippen molar-refractivity contribution >= 4 is 17.2 Å². The normalized spacial score (nSPS) is 10.5. The lowest BCUT2D eigenvalue weighted by molar-refractivity contribution is -0.121. The van der Waals surface area contributed by atoms with Gasteiger partial charge in [-0.3, -0.25) is 4.79 Å². The first-order chi connectivity index (χ1) is 8.74. The van der Waals surface area contributed by atoms with Crippen LogP contribution in [0.15, 0.2) is 11.7 Å². The lowest BCUT2D eigenvalue weighted by Gasteiger charge is -2.02. The standard InChI is InChI=1S/C10H14N6OS/c1-8-6-18-10(13-8)5-11-9(17)3-2-4-16-7-12-14-15-16/h6-7H,2-5H2,1H3,(H,11,17). The highest BCUT2D eigenvalue weighted by molar-refractivity contribution is 7.09. The monoisotopic (exact) mass is 266 g/mol. The molecule has 2 rings (SSSR count). The maximum atomic E-state index is 11.6. The first-order valence-electron chi connectivity index (χ1n) is 5.62. The molecule has 0 radical (unpaired) electrons. The average Bonchev–Trinajstić information content (AvgIpc) is 2.98. The summed E-state index contributed by atoms with van der Waals surface area (Å²) >= 11 is 1.56. The van der Waals surface area contributed by atoms with E-state index < -0.39 is 0 Å². The Morgan fingerprint density at radius 3 is 3.11 bits per heavy atom. The van der Waals surface area contributed by atoms with E-state index in [-0.39, 0.29) is 5.91 Å². The summed E-state index contributed by atoms with van der Waals surface area (Å²) in [6.45, 7) is 3.09. The van der Waals surface area contributed by atoms with E-state index in [1.807, 2.05) is 12.3 Å². The maximum absolute atomic E-state index is 11.6. The number of amides is 1. The van der Waals surface area contributed by atoms with Crippen molar-refractivity contribution in [2.24, 2.45) is 0 Å². The van der Waals surface area contributed by atoms with E-state index in [0.29, 0.717) is 25.9 Å². The van der Waals surface area contributed by atoms with E-state index >= 15 is 0 Å². The Bertz CT molecular complexity index is 494. The molecule has 0 aromatic carbocycles. The van der Waals surface area contributed by atoms with Crippen molar-refractivity contribution < 1.29 is 4.79 Å². The van der Waals surface area contributed by atoms with Crippen LogP contribution >= 0.6 is 11.3 Å². The first-order valence-corrected chi connectivity index (χ1v) is 6.50. The molecule has 0 atom stereocenters. The number of carbonyl (C=O) groups is 1. The van der Waals surface area contributed by atoms with Crippen LogP contribution in [0.1, 0.15) is 23.5 Å². The van der Waals surface area contributed by atoms with Crippen molar-refractivity contribution in [3.63, 3.8) is 0 Å². The summed E-state index contributed by atoms with van der Waals surface area (Å²) < 4.78 is 1.61. The molecule has 2 heterocycles. The van der Waals surface area contributed by atoms with Gasteiger partial charge >= 0.3 is 0 Å². The number of hydrogen-bond acceptors (Lipinski definition) is 6. The number of hydrogen-bond donors (Lipinski definition) is 1. The summed E-state index contributed by atoms with van der Waals surface area (Å²) in [4.78, 5) is 15.8. The molecule has 2 aromatic rings. The molecule has 0 spiro atoms. The second kappa shape index (κ2) is 6.20. The third-order valence-electron chi connectivity index (χ3n) is 2.29. The van der Waals surface area contributed by atoms with Gasteiger partial charge in [0.2, 0.25) is 5.91 Å². The Morgan fingerprint density at radius 2 is 2.44 bits per heavy atom. The summed E-state index contributed by atoms with van der Waals surface area (Å²) in [6.07, 6.45) is 2.72. The van der Waals surface area contributed by atoms with Gasteiger partial charge in [0.15, 0.2) is 0 Å². The van der Waals surface area contributed by atoms with E-state index in [9.17, 15) is 4.79 Å². The van der Waals surface area contributed by atoms with Crippen LogP contribution in [0.25, 0.3) is 0 Å². The van der Waals surface area contributed by atoms with Crippen molar-refractivity contribution in [1.29, 1.82) is 0 Å². The minimum Gasteiger partial charge on any atom is -0.350 e. The third kappa shape index (κ3) is 3.88. The molecule has 0 saturated heterocycles. The fraction of sp³-hybridized carbons (Fsp3) is 0.500. The Labute approximate surface area is 108 Å². The molecule has 0 fully saturated rings. The zero-order chi connectivity index (χ0) is 12.8. The van der Waals surface area contributed by atoms with E-state index in [0.717, 1.165) is 10.7 Å². The van der Waals surface area contributed by atoms with Crippen molar-refractivity contribution in [3.8, 4) is 0 Å². The zero-order valence-corrected chi connectivity index (χ0v) is 10.9. The second-order valence-corrected chi connectivity index (χ2v) is 4.78. The van der Waals surface area contributed by atoms with Gasteiger partial charge in [0.25, 0.3) is 0 Å². The van der Waals surface area contributed by atoms with Gasteiger partial charge in [0, 0.05) is 24.0 Å². The summed E-state index contributed by atoms with van der Waals surface area (Å²) in [5.74, 6) is 0.0240. The van der Waals surface area contributed by atoms with Crippen LogP contribution in [-0.2, 0) is 17.9 Å². The molecule has 96 valence electrons. The van der Waals surface area contributed by atoms with Crippen molar-refractivity contribution in [2.45, 2.75) is 32.9 Å². The molecule has 0 saturated carbocycles. The number of tetrazole rings is 1. The van der Waals surface area contributed by atoms with Crippen LogP contribution in [-0.4, -0.2) is 31.1 Å². The molecule has 1 amide bonds. The number of nitrogens with one attached hydrogen (secondary N) is 1. The molecule has 2 aromatic heterocycles. The summed E-state index contributed by atoms with van der Waals surface area (Å²) in [5, 5.41) is 16.5. The molecule has 7 nitrogen and oxygen atoms in total.